The second-order valence-electron chi connectivity index (χ2n) is 5.11. The number of hydrogen-bond acceptors (Lipinski definition) is 3. The van der Waals surface area contributed by atoms with E-state index in [0.29, 0.717) is 23.2 Å². The molecule has 2 aromatic carbocycles. The maximum Gasteiger partial charge on any atom is 0.227 e. The van der Waals surface area contributed by atoms with Gasteiger partial charge in [-0.2, -0.15) is 0 Å². The van der Waals surface area contributed by atoms with Crippen LogP contribution >= 0.6 is 0 Å². The molecule has 4 nitrogen and oxygen atoms in total. The van der Waals surface area contributed by atoms with Crippen LogP contribution in [0.4, 0.5) is 11.4 Å². The van der Waals surface area contributed by atoms with Gasteiger partial charge < -0.3 is 10.6 Å². The standard InChI is InChI=1S/C17H16N2O2/c18-15-5-2-1-4-14(15)17(21)12-7-9-13(10-8-12)19-11-3-6-16(19)20/h1-2,4-5,7-10H,3,6,11,18H2. The summed E-state index contributed by atoms with van der Waals surface area (Å²) in [7, 11) is 0. The highest BCUT2D eigenvalue weighted by Crippen LogP contribution is 2.23. The van der Waals surface area contributed by atoms with Crippen molar-refractivity contribution in [3.8, 4) is 0 Å². The van der Waals surface area contributed by atoms with Crippen LogP contribution in [0.1, 0.15) is 28.8 Å². The Bertz CT molecular complexity index is 692. The lowest BCUT2D eigenvalue weighted by Crippen LogP contribution is -2.23. The molecule has 0 spiro atoms. The summed E-state index contributed by atoms with van der Waals surface area (Å²) in [6.45, 7) is 0.748. The number of amides is 1. The quantitative estimate of drug-likeness (QED) is 0.694. The fourth-order valence-electron chi connectivity index (χ4n) is 2.57. The number of nitrogens with zero attached hydrogens (tertiary/aromatic N) is 1. The predicted octanol–water partition coefficient (Wildman–Crippen LogP) is 2.63. The Morgan fingerprint density at radius 1 is 1.05 bits per heavy atom. The molecule has 0 aromatic heterocycles. The zero-order valence-corrected chi connectivity index (χ0v) is 11.6. The lowest BCUT2D eigenvalue weighted by molar-refractivity contribution is -0.117. The van der Waals surface area contributed by atoms with Crippen LogP contribution < -0.4 is 10.6 Å². The summed E-state index contributed by atoms with van der Waals surface area (Å²) in [5.41, 5.74) is 8.22. The minimum absolute atomic E-state index is 0.104. The van der Waals surface area contributed by atoms with E-state index in [1.54, 1.807) is 41.3 Å². The van der Waals surface area contributed by atoms with E-state index in [-0.39, 0.29) is 11.7 Å². The third-order valence-corrected chi connectivity index (χ3v) is 3.72. The molecule has 1 aliphatic heterocycles. The highest BCUT2D eigenvalue weighted by Gasteiger charge is 2.21. The van der Waals surface area contributed by atoms with Crippen molar-refractivity contribution >= 4 is 23.1 Å². The van der Waals surface area contributed by atoms with E-state index in [1.165, 1.54) is 0 Å². The van der Waals surface area contributed by atoms with Crippen molar-refractivity contribution in [1.82, 2.24) is 0 Å². The number of carbonyl (C=O) groups excluding carboxylic acids is 2. The Labute approximate surface area is 123 Å². The van der Waals surface area contributed by atoms with Gasteiger partial charge in [0.15, 0.2) is 5.78 Å². The zero-order chi connectivity index (χ0) is 14.8. The molecule has 1 fully saturated rings. The first-order chi connectivity index (χ1) is 10.2. The molecule has 1 amide bonds. The van der Waals surface area contributed by atoms with Gasteiger partial charge in [0.2, 0.25) is 5.91 Å². The number of hydrogen-bond donors (Lipinski definition) is 1. The molecule has 0 aliphatic carbocycles. The average Bonchev–Trinajstić information content (AvgIpc) is 2.93. The Hall–Kier alpha value is -2.62. The van der Waals surface area contributed by atoms with Crippen LogP contribution in [-0.2, 0) is 4.79 Å². The average molecular weight is 280 g/mol. The van der Waals surface area contributed by atoms with Gasteiger partial charge in [-0.1, -0.05) is 12.1 Å². The summed E-state index contributed by atoms with van der Waals surface area (Å²) in [5.74, 6) is 0.0359. The van der Waals surface area contributed by atoms with Crippen molar-refractivity contribution in [3.05, 3.63) is 59.7 Å². The van der Waals surface area contributed by atoms with E-state index in [2.05, 4.69) is 0 Å². The third-order valence-electron chi connectivity index (χ3n) is 3.72. The van der Waals surface area contributed by atoms with Gasteiger partial charge >= 0.3 is 0 Å². The number of rotatable bonds is 3. The predicted molar refractivity (Wildman–Crippen MR) is 82.3 cm³/mol. The second kappa shape index (κ2) is 5.40. The Morgan fingerprint density at radius 3 is 2.38 bits per heavy atom. The van der Waals surface area contributed by atoms with Gasteiger partial charge in [-0.15, -0.1) is 0 Å². The van der Waals surface area contributed by atoms with Crippen LogP contribution in [0.2, 0.25) is 0 Å². The number of ketones is 1. The van der Waals surface area contributed by atoms with E-state index < -0.39 is 0 Å². The van der Waals surface area contributed by atoms with Crippen LogP contribution in [0.15, 0.2) is 48.5 Å². The highest BCUT2D eigenvalue weighted by atomic mass is 16.2. The van der Waals surface area contributed by atoms with E-state index in [1.807, 2.05) is 12.1 Å². The third kappa shape index (κ3) is 2.52. The molecule has 1 saturated heterocycles. The number of nitrogen functional groups attached to an aromatic ring is 1. The van der Waals surface area contributed by atoms with Crippen molar-refractivity contribution < 1.29 is 9.59 Å². The van der Waals surface area contributed by atoms with Gasteiger partial charge in [0.25, 0.3) is 0 Å². The molecule has 2 aromatic rings. The van der Waals surface area contributed by atoms with E-state index in [4.69, 9.17) is 5.73 Å². The van der Waals surface area contributed by atoms with Crippen molar-refractivity contribution in [2.24, 2.45) is 0 Å². The Morgan fingerprint density at radius 2 is 1.76 bits per heavy atom. The lowest BCUT2D eigenvalue weighted by atomic mass is 10.0. The molecule has 106 valence electrons. The molecule has 2 N–H and O–H groups in total. The number of para-hydroxylation sites is 1. The Balaban J connectivity index is 1.86. The molecule has 0 radical (unpaired) electrons. The van der Waals surface area contributed by atoms with Crippen molar-refractivity contribution in [2.75, 3.05) is 17.2 Å². The first-order valence-electron chi connectivity index (χ1n) is 6.96. The van der Waals surface area contributed by atoms with Crippen molar-refractivity contribution in [3.63, 3.8) is 0 Å². The van der Waals surface area contributed by atoms with Crippen LogP contribution in [0.25, 0.3) is 0 Å². The summed E-state index contributed by atoms with van der Waals surface area (Å²) in [4.78, 5) is 25.9. The summed E-state index contributed by atoms with van der Waals surface area (Å²) in [6, 6.07) is 14.1. The second-order valence-corrected chi connectivity index (χ2v) is 5.11. The summed E-state index contributed by atoms with van der Waals surface area (Å²) in [5, 5.41) is 0. The number of anilines is 2. The number of benzene rings is 2. The van der Waals surface area contributed by atoms with E-state index in [0.717, 1.165) is 18.7 Å². The summed E-state index contributed by atoms with van der Waals surface area (Å²) < 4.78 is 0. The van der Waals surface area contributed by atoms with Crippen molar-refractivity contribution in [1.29, 1.82) is 0 Å². The van der Waals surface area contributed by atoms with Gasteiger partial charge in [-0.25, -0.2) is 0 Å². The maximum atomic E-state index is 12.4. The molecule has 1 aliphatic rings. The smallest absolute Gasteiger partial charge is 0.227 e. The van der Waals surface area contributed by atoms with Crippen LogP contribution in [0, 0.1) is 0 Å². The normalized spacial score (nSPS) is 14.5. The molecule has 0 bridgehead atoms. The largest absolute Gasteiger partial charge is 0.398 e. The lowest BCUT2D eigenvalue weighted by Gasteiger charge is -2.15. The molecule has 3 rings (SSSR count). The number of carbonyl (C=O) groups is 2. The van der Waals surface area contributed by atoms with Crippen LogP contribution in [-0.4, -0.2) is 18.2 Å². The minimum atomic E-state index is -0.104. The molecule has 0 atom stereocenters. The van der Waals surface area contributed by atoms with Gasteiger partial charge in [0, 0.05) is 35.5 Å². The van der Waals surface area contributed by atoms with E-state index in [9.17, 15) is 9.59 Å². The molecule has 21 heavy (non-hydrogen) atoms. The van der Waals surface area contributed by atoms with Gasteiger partial charge in [0.05, 0.1) is 0 Å². The monoisotopic (exact) mass is 280 g/mol. The highest BCUT2D eigenvalue weighted by molar-refractivity contribution is 6.12. The van der Waals surface area contributed by atoms with Crippen LogP contribution in [0.3, 0.4) is 0 Å². The topological polar surface area (TPSA) is 63.4 Å². The van der Waals surface area contributed by atoms with Gasteiger partial charge in [-0.05, 0) is 42.8 Å². The molecule has 0 unspecified atom stereocenters. The first-order valence-corrected chi connectivity index (χ1v) is 6.96. The molecular weight excluding hydrogens is 264 g/mol. The van der Waals surface area contributed by atoms with Crippen LogP contribution in [0.5, 0.6) is 0 Å². The SMILES string of the molecule is Nc1ccccc1C(=O)c1ccc(N2CCCC2=O)cc1. The zero-order valence-electron chi connectivity index (χ0n) is 11.6. The molecule has 4 heteroatoms. The minimum Gasteiger partial charge on any atom is -0.398 e. The first kappa shape index (κ1) is 13.4. The van der Waals surface area contributed by atoms with Gasteiger partial charge in [-0.3, -0.25) is 9.59 Å². The van der Waals surface area contributed by atoms with Gasteiger partial charge in [0.1, 0.15) is 0 Å². The summed E-state index contributed by atoms with van der Waals surface area (Å²) in [6.07, 6.45) is 1.49. The van der Waals surface area contributed by atoms with Crippen molar-refractivity contribution in [2.45, 2.75) is 12.8 Å². The summed E-state index contributed by atoms with van der Waals surface area (Å²) >= 11 is 0. The molecule has 1 heterocycles. The number of nitrogens with two attached hydrogens (primary N) is 1. The fourth-order valence-corrected chi connectivity index (χ4v) is 2.57. The van der Waals surface area contributed by atoms with E-state index >= 15 is 0 Å². The molecular formula is C17H16N2O2. The maximum absolute atomic E-state index is 12.4. The fraction of sp³-hybridized carbons (Fsp3) is 0.176. The Kier molecular flexibility index (Phi) is 3.44. The molecule has 0 saturated carbocycles.